The van der Waals surface area contributed by atoms with E-state index in [1.165, 1.54) is 6.42 Å². The molecule has 0 saturated carbocycles. The minimum absolute atomic E-state index is 0.543. The zero-order valence-corrected chi connectivity index (χ0v) is 6.54. The van der Waals surface area contributed by atoms with Crippen LogP contribution in [0.3, 0.4) is 0 Å². The number of hydrazone groups is 1. The fourth-order valence-electron chi connectivity index (χ4n) is 1.08. The van der Waals surface area contributed by atoms with Gasteiger partial charge in [-0.1, -0.05) is 19.9 Å². The SMILES string of the molecule is CC(C)CC1C=CNN=C1. The lowest BCUT2D eigenvalue weighted by molar-refractivity contribution is 0.547. The normalized spacial score (nSPS) is 23.3. The van der Waals surface area contributed by atoms with Gasteiger partial charge in [-0.25, -0.2) is 0 Å². The predicted octanol–water partition coefficient (Wildman–Crippen LogP) is 1.75. The number of rotatable bonds is 2. The number of nitrogens with one attached hydrogen (secondary N) is 1. The van der Waals surface area contributed by atoms with Crippen LogP contribution in [-0.4, -0.2) is 6.21 Å². The number of allylic oxidation sites excluding steroid dienone is 1. The van der Waals surface area contributed by atoms with Crippen LogP contribution in [0, 0.1) is 11.8 Å². The van der Waals surface area contributed by atoms with E-state index in [1.54, 1.807) is 0 Å². The van der Waals surface area contributed by atoms with Gasteiger partial charge in [0.15, 0.2) is 0 Å². The molecule has 1 heterocycles. The Morgan fingerprint density at radius 1 is 1.60 bits per heavy atom. The Balaban J connectivity index is 2.33. The maximum atomic E-state index is 3.95. The minimum atomic E-state index is 0.543. The van der Waals surface area contributed by atoms with Gasteiger partial charge in [0.1, 0.15) is 0 Å². The lowest BCUT2D eigenvalue weighted by Gasteiger charge is -2.12. The Hall–Kier alpha value is -0.790. The maximum Gasteiger partial charge on any atom is 0.0316 e. The van der Waals surface area contributed by atoms with Crippen molar-refractivity contribution in [3.05, 3.63) is 12.3 Å². The summed E-state index contributed by atoms with van der Waals surface area (Å²) in [6, 6.07) is 0. The summed E-state index contributed by atoms with van der Waals surface area (Å²) >= 11 is 0. The molecule has 1 aliphatic heterocycles. The van der Waals surface area contributed by atoms with E-state index in [-0.39, 0.29) is 0 Å². The molecular weight excluding hydrogens is 124 g/mol. The maximum absolute atomic E-state index is 3.95. The second kappa shape index (κ2) is 3.40. The van der Waals surface area contributed by atoms with Gasteiger partial charge < -0.3 is 0 Å². The highest BCUT2D eigenvalue weighted by Crippen LogP contribution is 2.11. The lowest BCUT2D eigenvalue weighted by atomic mass is 9.98. The molecule has 0 spiro atoms. The van der Waals surface area contributed by atoms with Gasteiger partial charge in [0.25, 0.3) is 0 Å². The summed E-state index contributed by atoms with van der Waals surface area (Å²) in [6.45, 7) is 4.45. The Labute approximate surface area is 62.0 Å². The van der Waals surface area contributed by atoms with Gasteiger partial charge in [-0.05, 0) is 12.3 Å². The fraction of sp³-hybridized carbons (Fsp3) is 0.625. The Morgan fingerprint density at radius 3 is 2.90 bits per heavy atom. The summed E-state index contributed by atoms with van der Waals surface area (Å²) in [4.78, 5) is 0. The van der Waals surface area contributed by atoms with Crippen molar-refractivity contribution in [1.29, 1.82) is 0 Å². The van der Waals surface area contributed by atoms with Gasteiger partial charge >= 0.3 is 0 Å². The van der Waals surface area contributed by atoms with Crippen LogP contribution in [0.5, 0.6) is 0 Å². The van der Waals surface area contributed by atoms with Crippen LogP contribution >= 0.6 is 0 Å². The molecule has 0 aromatic rings. The van der Waals surface area contributed by atoms with Gasteiger partial charge in [-0.2, -0.15) is 5.10 Å². The molecule has 1 unspecified atom stereocenters. The molecule has 2 nitrogen and oxygen atoms in total. The largest absolute Gasteiger partial charge is 0.286 e. The monoisotopic (exact) mass is 138 g/mol. The van der Waals surface area contributed by atoms with Crippen LogP contribution < -0.4 is 5.43 Å². The summed E-state index contributed by atoms with van der Waals surface area (Å²) in [6.07, 6.45) is 7.20. The van der Waals surface area contributed by atoms with Gasteiger partial charge in [0, 0.05) is 18.3 Å². The van der Waals surface area contributed by atoms with Crippen molar-refractivity contribution < 1.29 is 0 Å². The van der Waals surface area contributed by atoms with Crippen molar-refractivity contribution in [2.45, 2.75) is 20.3 Å². The van der Waals surface area contributed by atoms with Crippen molar-refractivity contribution in [3.8, 4) is 0 Å². The molecule has 0 saturated heterocycles. The van der Waals surface area contributed by atoms with Gasteiger partial charge in [0.05, 0.1) is 0 Å². The standard InChI is InChI=1S/C8H14N2/c1-7(2)5-8-3-4-9-10-6-8/h3-4,6-9H,5H2,1-2H3. The zero-order chi connectivity index (χ0) is 7.40. The highest BCUT2D eigenvalue weighted by Gasteiger charge is 2.05. The van der Waals surface area contributed by atoms with Gasteiger partial charge in [0.2, 0.25) is 0 Å². The topological polar surface area (TPSA) is 24.4 Å². The molecule has 0 aromatic carbocycles. The van der Waals surface area contributed by atoms with E-state index in [4.69, 9.17) is 0 Å². The number of nitrogens with zero attached hydrogens (tertiary/aromatic N) is 1. The summed E-state index contributed by atoms with van der Waals surface area (Å²) in [5.74, 6) is 1.29. The molecule has 0 radical (unpaired) electrons. The van der Waals surface area contributed by atoms with E-state index >= 15 is 0 Å². The molecule has 0 amide bonds. The average Bonchev–Trinajstić information content (AvgIpc) is 1.88. The Bertz CT molecular complexity index is 135. The van der Waals surface area contributed by atoms with Crippen molar-refractivity contribution in [2.24, 2.45) is 16.9 Å². The molecule has 1 rings (SSSR count). The first-order valence-electron chi connectivity index (χ1n) is 3.74. The minimum Gasteiger partial charge on any atom is -0.286 e. The molecule has 1 aliphatic rings. The van der Waals surface area contributed by atoms with Crippen LogP contribution in [-0.2, 0) is 0 Å². The van der Waals surface area contributed by atoms with E-state index in [1.807, 2.05) is 12.4 Å². The molecule has 2 heteroatoms. The number of hydrogen-bond acceptors (Lipinski definition) is 2. The first kappa shape index (κ1) is 7.32. The zero-order valence-electron chi connectivity index (χ0n) is 6.54. The quantitative estimate of drug-likeness (QED) is 0.617. The first-order valence-corrected chi connectivity index (χ1v) is 3.74. The third kappa shape index (κ3) is 2.21. The lowest BCUT2D eigenvalue weighted by Crippen LogP contribution is -2.10. The van der Waals surface area contributed by atoms with Gasteiger partial charge in [-0.3, -0.25) is 5.43 Å². The molecule has 0 fully saturated rings. The van der Waals surface area contributed by atoms with E-state index < -0.39 is 0 Å². The molecule has 56 valence electrons. The fourth-order valence-corrected chi connectivity index (χ4v) is 1.08. The molecule has 1 atom stereocenters. The van der Waals surface area contributed by atoms with Crippen LogP contribution in [0.2, 0.25) is 0 Å². The van der Waals surface area contributed by atoms with E-state index in [9.17, 15) is 0 Å². The second-order valence-electron chi connectivity index (χ2n) is 3.06. The molecule has 0 aromatic heterocycles. The van der Waals surface area contributed by atoms with Crippen molar-refractivity contribution in [2.75, 3.05) is 0 Å². The molecule has 1 N–H and O–H groups in total. The third-order valence-corrected chi connectivity index (χ3v) is 1.50. The van der Waals surface area contributed by atoms with Crippen LogP contribution in [0.15, 0.2) is 17.4 Å². The second-order valence-corrected chi connectivity index (χ2v) is 3.06. The first-order chi connectivity index (χ1) is 4.79. The van der Waals surface area contributed by atoms with Crippen LogP contribution in [0.25, 0.3) is 0 Å². The average molecular weight is 138 g/mol. The highest BCUT2D eigenvalue weighted by atomic mass is 15.3. The molecule has 0 aliphatic carbocycles. The Morgan fingerprint density at radius 2 is 2.40 bits per heavy atom. The van der Waals surface area contributed by atoms with Gasteiger partial charge in [-0.15, -0.1) is 0 Å². The third-order valence-electron chi connectivity index (χ3n) is 1.50. The molecule has 0 bridgehead atoms. The summed E-state index contributed by atoms with van der Waals surface area (Å²) in [5, 5.41) is 3.95. The number of hydrogen-bond donors (Lipinski definition) is 1. The van der Waals surface area contributed by atoms with E-state index in [0.29, 0.717) is 5.92 Å². The van der Waals surface area contributed by atoms with E-state index in [0.717, 1.165) is 5.92 Å². The molecular formula is C8H14N2. The smallest absolute Gasteiger partial charge is 0.0316 e. The summed E-state index contributed by atoms with van der Waals surface area (Å²) in [5.41, 5.74) is 2.78. The predicted molar refractivity (Wildman–Crippen MR) is 43.7 cm³/mol. The summed E-state index contributed by atoms with van der Waals surface area (Å²) < 4.78 is 0. The molecule has 10 heavy (non-hydrogen) atoms. The summed E-state index contributed by atoms with van der Waals surface area (Å²) in [7, 11) is 0. The highest BCUT2D eigenvalue weighted by molar-refractivity contribution is 5.63. The van der Waals surface area contributed by atoms with Crippen molar-refractivity contribution in [3.63, 3.8) is 0 Å². The van der Waals surface area contributed by atoms with Crippen molar-refractivity contribution >= 4 is 6.21 Å². The van der Waals surface area contributed by atoms with Crippen LogP contribution in [0.1, 0.15) is 20.3 Å². The van der Waals surface area contributed by atoms with E-state index in [2.05, 4.69) is 30.5 Å². The van der Waals surface area contributed by atoms with Crippen LogP contribution in [0.4, 0.5) is 0 Å². The Kier molecular flexibility index (Phi) is 2.49. The van der Waals surface area contributed by atoms with Crippen molar-refractivity contribution in [1.82, 2.24) is 5.43 Å².